The molecule has 1 aromatic heterocycles. The average molecular weight is 326 g/mol. The first-order chi connectivity index (χ1) is 11.8. The molecule has 3 rings (SSSR count). The molecular weight excluding hydrogens is 300 g/mol. The van der Waals surface area contributed by atoms with Gasteiger partial charge in [0, 0.05) is 12.3 Å². The van der Waals surface area contributed by atoms with Gasteiger partial charge in [0.1, 0.15) is 5.75 Å². The van der Waals surface area contributed by atoms with Gasteiger partial charge in [-0.3, -0.25) is 0 Å². The fourth-order valence-corrected chi connectivity index (χ4v) is 2.48. The molecule has 0 spiro atoms. The van der Waals surface area contributed by atoms with E-state index in [4.69, 9.17) is 9.84 Å². The van der Waals surface area contributed by atoms with E-state index in [0.29, 0.717) is 5.88 Å². The molecule has 1 aliphatic heterocycles. The SMILES string of the molecule is CC.OCc1ccc(Oc2cccc(C=C3CCNCC3)c2)nc1. The summed E-state index contributed by atoms with van der Waals surface area (Å²) in [5.74, 6) is 1.30. The maximum absolute atomic E-state index is 9.02. The molecule has 1 aliphatic rings. The second-order valence-corrected chi connectivity index (χ2v) is 5.39. The van der Waals surface area contributed by atoms with Crippen molar-refractivity contribution in [1.29, 1.82) is 0 Å². The van der Waals surface area contributed by atoms with Crippen LogP contribution < -0.4 is 10.1 Å². The molecule has 0 amide bonds. The van der Waals surface area contributed by atoms with Crippen molar-refractivity contribution >= 4 is 6.08 Å². The lowest BCUT2D eigenvalue weighted by Gasteiger charge is -2.15. The van der Waals surface area contributed by atoms with Gasteiger partial charge in [-0.1, -0.05) is 37.6 Å². The highest BCUT2D eigenvalue weighted by molar-refractivity contribution is 5.55. The number of ether oxygens (including phenoxy) is 1. The maximum atomic E-state index is 9.02. The molecule has 1 aromatic carbocycles. The minimum absolute atomic E-state index is 0.00874. The number of hydrogen-bond donors (Lipinski definition) is 2. The topological polar surface area (TPSA) is 54.4 Å². The van der Waals surface area contributed by atoms with Crippen molar-refractivity contribution in [1.82, 2.24) is 10.3 Å². The van der Waals surface area contributed by atoms with Crippen molar-refractivity contribution in [3.63, 3.8) is 0 Å². The van der Waals surface area contributed by atoms with E-state index in [1.54, 1.807) is 12.3 Å². The quantitative estimate of drug-likeness (QED) is 0.886. The van der Waals surface area contributed by atoms with Gasteiger partial charge in [0.25, 0.3) is 0 Å². The lowest BCUT2D eigenvalue weighted by molar-refractivity contribution is 0.281. The number of aliphatic hydroxyl groups excluding tert-OH is 1. The van der Waals surface area contributed by atoms with Crippen LogP contribution in [-0.2, 0) is 6.61 Å². The van der Waals surface area contributed by atoms with E-state index in [1.807, 2.05) is 38.1 Å². The van der Waals surface area contributed by atoms with Crippen LogP contribution in [0.3, 0.4) is 0 Å². The number of hydrogen-bond acceptors (Lipinski definition) is 4. The Morgan fingerprint density at radius 2 is 1.96 bits per heavy atom. The van der Waals surface area contributed by atoms with Gasteiger partial charge in [-0.25, -0.2) is 4.98 Å². The second-order valence-electron chi connectivity index (χ2n) is 5.39. The lowest BCUT2D eigenvalue weighted by atomic mass is 10.0. The van der Waals surface area contributed by atoms with E-state index in [-0.39, 0.29) is 6.61 Å². The average Bonchev–Trinajstić information content (AvgIpc) is 2.65. The van der Waals surface area contributed by atoms with Gasteiger partial charge in [0.2, 0.25) is 5.88 Å². The van der Waals surface area contributed by atoms with Crippen molar-refractivity contribution in [3.8, 4) is 11.6 Å². The number of piperidine rings is 1. The number of benzene rings is 1. The molecule has 2 N–H and O–H groups in total. The summed E-state index contributed by atoms with van der Waals surface area (Å²) in [6, 6.07) is 11.6. The monoisotopic (exact) mass is 326 g/mol. The maximum Gasteiger partial charge on any atom is 0.219 e. The molecule has 2 aromatic rings. The van der Waals surface area contributed by atoms with Crippen molar-refractivity contribution in [2.24, 2.45) is 0 Å². The van der Waals surface area contributed by atoms with Crippen LogP contribution in [0.15, 0.2) is 48.2 Å². The van der Waals surface area contributed by atoms with Gasteiger partial charge < -0.3 is 15.2 Å². The number of aromatic nitrogens is 1. The van der Waals surface area contributed by atoms with E-state index >= 15 is 0 Å². The third kappa shape index (κ3) is 5.48. The normalized spacial score (nSPS) is 13.7. The second kappa shape index (κ2) is 9.85. The molecule has 1 saturated heterocycles. The van der Waals surface area contributed by atoms with Crippen LogP contribution in [-0.4, -0.2) is 23.2 Å². The van der Waals surface area contributed by atoms with Crippen molar-refractivity contribution in [2.45, 2.75) is 33.3 Å². The minimum Gasteiger partial charge on any atom is -0.439 e. The summed E-state index contributed by atoms with van der Waals surface area (Å²) in [6.07, 6.45) is 6.08. The Hall–Kier alpha value is -2.17. The summed E-state index contributed by atoms with van der Waals surface area (Å²) in [7, 11) is 0. The molecule has 0 unspecified atom stereocenters. The highest BCUT2D eigenvalue weighted by atomic mass is 16.5. The highest BCUT2D eigenvalue weighted by Crippen LogP contribution is 2.23. The third-order valence-corrected chi connectivity index (χ3v) is 3.68. The van der Waals surface area contributed by atoms with Crippen LogP contribution in [0.5, 0.6) is 11.6 Å². The van der Waals surface area contributed by atoms with Crippen LogP contribution >= 0.6 is 0 Å². The zero-order chi connectivity index (χ0) is 17.2. The van der Waals surface area contributed by atoms with Crippen molar-refractivity contribution in [3.05, 3.63) is 59.3 Å². The molecular formula is C20H26N2O2. The Balaban J connectivity index is 0.00000100. The molecule has 4 nitrogen and oxygen atoms in total. The van der Waals surface area contributed by atoms with Crippen molar-refractivity contribution in [2.75, 3.05) is 13.1 Å². The summed E-state index contributed by atoms with van der Waals surface area (Å²) in [5.41, 5.74) is 3.40. The zero-order valence-electron chi connectivity index (χ0n) is 14.5. The van der Waals surface area contributed by atoms with Crippen LogP contribution in [0.2, 0.25) is 0 Å². The van der Waals surface area contributed by atoms with E-state index in [9.17, 15) is 0 Å². The van der Waals surface area contributed by atoms with Gasteiger partial charge in [0.15, 0.2) is 0 Å². The smallest absolute Gasteiger partial charge is 0.219 e. The summed E-state index contributed by atoms with van der Waals surface area (Å²) in [6.45, 7) is 6.11. The number of nitrogens with one attached hydrogen (secondary N) is 1. The Labute approximate surface area is 144 Å². The largest absolute Gasteiger partial charge is 0.439 e. The Morgan fingerprint density at radius 3 is 2.62 bits per heavy atom. The Morgan fingerprint density at radius 1 is 1.17 bits per heavy atom. The molecule has 1 fully saturated rings. The number of nitrogens with zero attached hydrogens (tertiary/aromatic N) is 1. The fraction of sp³-hybridized carbons (Fsp3) is 0.350. The molecule has 128 valence electrons. The molecule has 4 heteroatoms. The highest BCUT2D eigenvalue weighted by Gasteiger charge is 2.05. The van der Waals surface area contributed by atoms with Crippen LogP contribution in [0, 0.1) is 0 Å². The van der Waals surface area contributed by atoms with Gasteiger partial charge in [-0.05, 0) is 55.3 Å². The van der Waals surface area contributed by atoms with Crippen LogP contribution in [0.25, 0.3) is 6.08 Å². The third-order valence-electron chi connectivity index (χ3n) is 3.68. The summed E-state index contributed by atoms with van der Waals surface area (Å²) < 4.78 is 5.77. The van der Waals surface area contributed by atoms with Crippen molar-refractivity contribution < 1.29 is 9.84 Å². The molecule has 0 bridgehead atoms. The van der Waals surface area contributed by atoms with Gasteiger partial charge in [-0.15, -0.1) is 0 Å². The lowest BCUT2D eigenvalue weighted by Crippen LogP contribution is -2.22. The fourth-order valence-electron chi connectivity index (χ4n) is 2.48. The van der Waals surface area contributed by atoms with E-state index in [0.717, 1.165) is 42.8 Å². The Kier molecular flexibility index (Phi) is 7.46. The molecule has 24 heavy (non-hydrogen) atoms. The molecule has 0 saturated carbocycles. The first-order valence-corrected chi connectivity index (χ1v) is 8.57. The predicted octanol–water partition coefficient (Wildman–Crippen LogP) is 4.16. The Bertz CT molecular complexity index is 643. The van der Waals surface area contributed by atoms with E-state index in [2.05, 4.69) is 22.4 Å². The molecule has 2 heterocycles. The summed E-state index contributed by atoms with van der Waals surface area (Å²) in [4.78, 5) is 4.18. The number of rotatable bonds is 4. The minimum atomic E-state index is -0.00874. The summed E-state index contributed by atoms with van der Waals surface area (Å²) in [5, 5.41) is 12.4. The van der Waals surface area contributed by atoms with Crippen LogP contribution in [0.4, 0.5) is 0 Å². The standard InChI is InChI=1S/C18H20N2O2.C2H6/c21-13-16-4-5-18(20-12-16)22-17-3-1-2-15(11-17)10-14-6-8-19-9-7-14;1-2/h1-5,10-12,19,21H,6-9,13H2;1-2H3. The molecule has 0 aliphatic carbocycles. The van der Waals surface area contributed by atoms with E-state index < -0.39 is 0 Å². The molecule has 0 atom stereocenters. The van der Waals surface area contributed by atoms with Gasteiger partial charge in [-0.2, -0.15) is 0 Å². The summed E-state index contributed by atoms with van der Waals surface area (Å²) >= 11 is 0. The van der Waals surface area contributed by atoms with E-state index in [1.165, 1.54) is 5.57 Å². The van der Waals surface area contributed by atoms with Gasteiger partial charge >= 0.3 is 0 Å². The molecule has 0 radical (unpaired) electrons. The van der Waals surface area contributed by atoms with Crippen LogP contribution in [0.1, 0.15) is 37.8 Å². The zero-order valence-corrected chi connectivity index (χ0v) is 14.5. The van der Waals surface area contributed by atoms with Gasteiger partial charge in [0.05, 0.1) is 6.61 Å². The first-order valence-electron chi connectivity index (χ1n) is 8.57. The first kappa shape index (κ1) is 18.2. The number of pyridine rings is 1. The predicted molar refractivity (Wildman–Crippen MR) is 98.1 cm³/mol. The number of aliphatic hydroxyl groups is 1.